The van der Waals surface area contributed by atoms with Crippen LogP contribution in [0.5, 0.6) is 0 Å². The van der Waals surface area contributed by atoms with Crippen molar-refractivity contribution in [2.45, 2.75) is 63.6 Å². The van der Waals surface area contributed by atoms with Gasteiger partial charge in [0.05, 0.1) is 0 Å². The molecule has 2 unspecified atom stereocenters. The van der Waals surface area contributed by atoms with E-state index in [1.165, 1.54) is 38.5 Å². The van der Waals surface area contributed by atoms with Crippen LogP contribution in [0, 0.1) is 0 Å². The van der Waals surface area contributed by atoms with E-state index in [1.54, 1.807) is 17.7 Å². The van der Waals surface area contributed by atoms with Crippen LogP contribution in [0.3, 0.4) is 0 Å². The Morgan fingerprint density at radius 3 is 1.68 bits per heavy atom. The Morgan fingerprint density at radius 1 is 0.800 bits per heavy atom. The van der Waals surface area contributed by atoms with E-state index in [2.05, 4.69) is 24.3 Å². The fraction of sp³-hybridized carbons (Fsp3) is 0.600. The minimum atomic E-state index is -0.606. The second-order valence-electron chi connectivity index (χ2n) is 7.02. The zero-order valence-electron chi connectivity index (χ0n) is 14.7. The van der Waals surface area contributed by atoms with Crippen molar-refractivity contribution in [3.8, 4) is 0 Å². The van der Waals surface area contributed by atoms with E-state index >= 15 is 0 Å². The van der Waals surface area contributed by atoms with Gasteiger partial charge >= 0.3 is 152 Å². The average Bonchev–Trinajstić information content (AvgIpc) is 3.32. The molecule has 2 aliphatic carbocycles. The van der Waals surface area contributed by atoms with E-state index in [4.69, 9.17) is 9.47 Å². The molecule has 2 saturated heterocycles. The van der Waals surface area contributed by atoms with E-state index in [1.807, 2.05) is 0 Å². The Bertz CT molecular complexity index is 518. The first kappa shape index (κ1) is 21.6. The zero-order chi connectivity index (χ0) is 15.5. The van der Waals surface area contributed by atoms with Crippen molar-refractivity contribution in [1.82, 2.24) is 0 Å². The Kier molecular flexibility index (Phi) is 9.19. The molecule has 0 aromatic carbocycles. The summed E-state index contributed by atoms with van der Waals surface area (Å²) in [5, 5.41) is 0. The molecule has 0 N–H and O–H groups in total. The molecule has 2 fully saturated rings. The van der Waals surface area contributed by atoms with Gasteiger partial charge in [-0.2, -0.15) is 0 Å². The van der Waals surface area contributed by atoms with E-state index in [0.29, 0.717) is 12.2 Å². The molecule has 2 heterocycles. The first-order valence-corrected chi connectivity index (χ1v) is 11.6. The fourth-order valence-corrected chi connectivity index (χ4v) is 7.71. The molecule has 2 nitrogen and oxygen atoms in total. The smallest absolute Gasteiger partial charge is 0.147 e. The Hall–Kier alpha value is 0.343. The summed E-state index contributed by atoms with van der Waals surface area (Å²) >= 11 is -0.606. The van der Waals surface area contributed by atoms with Gasteiger partial charge in [0.25, 0.3) is 0 Å². The predicted molar refractivity (Wildman–Crippen MR) is 103 cm³/mol. The molecule has 2 atom stereocenters. The van der Waals surface area contributed by atoms with Gasteiger partial charge in [-0.25, -0.2) is 0 Å². The molecule has 4 rings (SSSR count). The van der Waals surface area contributed by atoms with Crippen LogP contribution in [-0.2, 0) is 32.7 Å². The fourth-order valence-electron chi connectivity index (χ4n) is 4.03. The third kappa shape index (κ3) is 5.66. The molecule has 25 heavy (non-hydrogen) atoms. The minimum absolute atomic E-state index is 0. The molecular weight excluding hydrogens is 434 g/mol. The Balaban J connectivity index is 0.00000113. The summed E-state index contributed by atoms with van der Waals surface area (Å²) in [7, 11) is 0. The molecule has 5 heteroatoms. The maximum Gasteiger partial charge on any atom is -0.147 e. The van der Waals surface area contributed by atoms with Crippen LogP contribution in [0.1, 0.15) is 51.4 Å². The summed E-state index contributed by atoms with van der Waals surface area (Å²) in [5.41, 5.74) is 3.25. The summed E-state index contributed by atoms with van der Waals surface area (Å²) in [6.07, 6.45) is 20.3. The van der Waals surface area contributed by atoms with Crippen molar-refractivity contribution < 1.29 is 32.7 Å². The van der Waals surface area contributed by atoms with Crippen LogP contribution in [-0.4, -0.2) is 25.4 Å². The van der Waals surface area contributed by atoms with Crippen LogP contribution >= 0.6 is 24.8 Å². The third-order valence-corrected chi connectivity index (χ3v) is 9.37. The van der Waals surface area contributed by atoms with Gasteiger partial charge < -0.3 is 0 Å². The second kappa shape index (κ2) is 10.6. The maximum atomic E-state index is 5.85. The van der Waals surface area contributed by atoms with Gasteiger partial charge in [-0.1, -0.05) is 0 Å². The SMILES string of the molecule is C1=CC(CC2CCCO2)=[C]([Zr][C]2=C(CC3CCCO3)C=CC2)C1.Cl.Cl. The molecule has 0 bridgehead atoms. The average molecular weight is 463 g/mol. The normalized spacial score (nSPS) is 27.8. The van der Waals surface area contributed by atoms with E-state index in [9.17, 15) is 0 Å². The minimum Gasteiger partial charge on any atom is -0.147 e. The van der Waals surface area contributed by atoms with E-state index < -0.39 is 23.2 Å². The summed E-state index contributed by atoms with van der Waals surface area (Å²) in [6.45, 7) is 1.94. The largest absolute Gasteiger partial charge is 0.147 e. The molecular formula is C20H28Cl2O2Zr. The summed E-state index contributed by atoms with van der Waals surface area (Å²) < 4.78 is 15.3. The number of ether oxygens (including phenoxy) is 2. The van der Waals surface area contributed by atoms with Gasteiger partial charge in [-0.05, 0) is 0 Å². The zero-order valence-corrected chi connectivity index (χ0v) is 18.8. The molecule has 138 valence electrons. The van der Waals surface area contributed by atoms with Gasteiger partial charge in [0.1, 0.15) is 0 Å². The van der Waals surface area contributed by atoms with Crippen LogP contribution < -0.4 is 0 Å². The number of hydrogen-bond donors (Lipinski definition) is 0. The Morgan fingerprint density at radius 2 is 1.28 bits per heavy atom. The van der Waals surface area contributed by atoms with Crippen molar-refractivity contribution in [2.75, 3.05) is 13.2 Å². The van der Waals surface area contributed by atoms with Crippen LogP contribution in [0.15, 0.2) is 42.0 Å². The van der Waals surface area contributed by atoms with Gasteiger partial charge in [0.2, 0.25) is 0 Å². The van der Waals surface area contributed by atoms with Gasteiger partial charge in [-0.3, -0.25) is 0 Å². The number of halogens is 2. The predicted octanol–water partition coefficient (Wildman–Crippen LogP) is 5.48. The van der Waals surface area contributed by atoms with Crippen molar-refractivity contribution in [3.63, 3.8) is 0 Å². The first-order chi connectivity index (χ1) is 11.4. The quantitative estimate of drug-likeness (QED) is 0.521. The van der Waals surface area contributed by atoms with Crippen molar-refractivity contribution in [3.05, 3.63) is 42.0 Å². The molecule has 0 aromatic rings. The summed E-state index contributed by atoms with van der Waals surface area (Å²) in [5.74, 6) is 0. The van der Waals surface area contributed by atoms with Crippen LogP contribution in [0.25, 0.3) is 0 Å². The first-order valence-electron chi connectivity index (χ1n) is 9.16. The molecule has 0 amide bonds. The van der Waals surface area contributed by atoms with Gasteiger partial charge in [-0.15, -0.1) is 24.8 Å². The molecule has 0 saturated carbocycles. The van der Waals surface area contributed by atoms with E-state index in [0.717, 1.165) is 26.1 Å². The van der Waals surface area contributed by atoms with Crippen LogP contribution in [0.2, 0.25) is 0 Å². The summed E-state index contributed by atoms with van der Waals surface area (Å²) in [6, 6.07) is 0. The topological polar surface area (TPSA) is 18.5 Å². The number of hydrogen-bond acceptors (Lipinski definition) is 2. The van der Waals surface area contributed by atoms with Crippen molar-refractivity contribution in [2.24, 2.45) is 0 Å². The number of rotatable bonds is 6. The molecule has 0 spiro atoms. The third-order valence-electron chi connectivity index (χ3n) is 5.30. The van der Waals surface area contributed by atoms with Gasteiger partial charge in [0.15, 0.2) is 0 Å². The number of allylic oxidation sites excluding steroid dienone is 6. The van der Waals surface area contributed by atoms with Crippen molar-refractivity contribution in [1.29, 1.82) is 0 Å². The molecule has 0 radical (unpaired) electrons. The van der Waals surface area contributed by atoms with Gasteiger partial charge in [0, 0.05) is 0 Å². The van der Waals surface area contributed by atoms with Crippen molar-refractivity contribution >= 4 is 24.8 Å². The van der Waals surface area contributed by atoms with E-state index in [-0.39, 0.29) is 24.8 Å². The molecule has 0 aromatic heterocycles. The van der Waals surface area contributed by atoms with Crippen LogP contribution in [0.4, 0.5) is 0 Å². The monoisotopic (exact) mass is 460 g/mol. The molecule has 2 aliphatic heterocycles. The standard InChI is InChI=1S/2C10H13O.2ClH.Zr/c2*1-2-5-9(4-1)8-10-6-3-7-11-10;;;/h2*1,4,10H,2-3,6-8H2;2*1H;. The summed E-state index contributed by atoms with van der Waals surface area (Å²) in [4.78, 5) is 0. The maximum absolute atomic E-state index is 5.85. The second-order valence-corrected chi connectivity index (χ2v) is 10.6. The molecule has 4 aliphatic rings. The Labute approximate surface area is 175 Å².